The van der Waals surface area contributed by atoms with Gasteiger partial charge in [-0.3, -0.25) is 0 Å². The molecule has 124 valence electrons. The summed E-state index contributed by atoms with van der Waals surface area (Å²) in [5.74, 6) is 0.728. The minimum atomic E-state index is 0.0141. The van der Waals surface area contributed by atoms with Gasteiger partial charge in [0.25, 0.3) is 0 Å². The van der Waals surface area contributed by atoms with Crippen molar-refractivity contribution in [3.8, 4) is 0 Å². The number of aliphatic imine (C=N–C) groups is 1. The van der Waals surface area contributed by atoms with Crippen LogP contribution < -0.4 is 0 Å². The lowest BCUT2D eigenvalue weighted by Gasteiger charge is -2.29. The van der Waals surface area contributed by atoms with Crippen molar-refractivity contribution >= 4 is 5.90 Å². The lowest BCUT2D eigenvalue weighted by molar-refractivity contribution is 0.152. The third kappa shape index (κ3) is 3.48. The highest BCUT2D eigenvalue weighted by Gasteiger charge is 2.27. The first-order valence-corrected chi connectivity index (χ1v) is 8.71. The predicted octanol–water partition coefficient (Wildman–Crippen LogP) is 5.64. The Balaban J connectivity index is 1.72. The van der Waals surface area contributed by atoms with E-state index in [0.717, 1.165) is 17.9 Å². The lowest BCUT2D eigenvalue weighted by Crippen LogP contribution is -2.21. The molecule has 0 saturated heterocycles. The van der Waals surface area contributed by atoms with Gasteiger partial charge in [0.15, 0.2) is 0 Å². The third-order valence-corrected chi connectivity index (χ3v) is 4.62. The maximum Gasteiger partial charge on any atom is 0.217 e. The molecule has 2 nitrogen and oxygen atoms in total. The Kier molecular flexibility index (Phi) is 4.34. The van der Waals surface area contributed by atoms with Crippen molar-refractivity contribution in [2.24, 2.45) is 4.99 Å². The first-order chi connectivity index (χ1) is 12.3. The highest BCUT2D eigenvalue weighted by Crippen LogP contribution is 2.37. The van der Waals surface area contributed by atoms with Crippen molar-refractivity contribution in [1.82, 2.24) is 0 Å². The molecule has 2 atom stereocenters. The fourth-order valence-electron chi connectivity index (χ4n) is 3.20. The Labute approximate surface area is 148 Å². The van der Waals surface area contributed by atoms with Crippen LogP contribution >= 0.6 is 0 Å². The zero-order valence-corrected chi connectivity index (χ0v) is 14.3. The number of nitrogens with zero attached hydrogens (tertiary/aromatic N) is 1. The molecule has 0 saturated carbocycles. The monoisotopic (exact) mass is 327 g/mol. The van der Waals surface area contributed by atoms with Gasteiger partial charge >= 0.3 is 0 Å². The van der Waals surface area contributed by atoms with Crippen molar-refractivity contribution in [3.63, 3.8) is 0 Å². The molecule has 1 aliphatic heterocycles. The van der Waals surface area contributed by atoms with Gasteiger partial charge in [-0.05, 0) is 30.2 Å². The first kappa shape index (κ1) is 15.6. The van der Waals surface area contributed by atoms with Crippen LogP contribution in [0.15, 0.2) is 89.9 Å². The van der Waals surface area contributed by atoms with Crippen molar-refractivity contribution in [2.75, 3.05) is 0 Å². The molecular formula is C23H21NO. The quantitative estimate of drug-likeness (QED) is 0.609. The van der Waals surface area contributed by atoms with E-state index in [1.807, 2.05) is 24.3 Å². The highest BCUT2D eigenvalue weighted by molar-refractivity contribution is 5.94. The second kappa shape index (κ2) is 6.94. The number of rotatable bonds is 3. The standard InChI is InChI=1S/C23H21NO/c1-17-12-14-18(15-13-17)21-16-22(19-8-4-2-5-9-19)25-23(24-21)20-10-6-3-7-11-20/h2-15,21-22H,16H2,1H3/t21-,22-/m1/s1. The van der Waals surface area contributed by atoms with E-state index < -0.39 is 0 Å². The predicted molar refractivity (Wildman–Crippen MR) is 102 cm³/mol. The SMILES string of the molecule is Cc1ccc([C@H]2C[C@H](c3ccccc3)OC(c3ccccc3)=N2)cc1. The van der Waals surface area contributed by atoms with Gasteiger partial charge in [-0.2, -0.15) is 0 Å². The molecule has 0 fully saturated rings. The van der Waals surface area contributed by atoms with E-state index in [9.17, 15) is 0 Å². The van der Waals surface area contributed by atoms with Crippen LogP contribution in [0.5, 0.6) is 0 Å². The summed E-state index contributed by atoms with van der Waals surface area (Å²) in [5.41, 5.74) is 4.73. The van der Waals surface area contributed by atoms with Gasteiger partial charge in [-0.1, -0.05) is 78.4 Å². The Morgan fingerprint density at radius 3 is 2.08 bits per heavy atom. The maximum absolute atomic E-state index is 6.28. The molecule has 0 aliphatic carbocycles. The van der Waals surface area contributed by atoms with E-state index in [1.54, 1.807) is 0 Å². The van der Waals surface area contributed by atoms with E-state index in [1.165, 1.54) is 16.7 Å². The van der Waals surface area contributed by atoms with Crippen LogP contribution in [-0.4, -0.2) is 5.90 Å². The summed E-state index contributed by atoms with van der Waals surface area (Å²) in [6, 6.07) is 29.4. The highest BCUT2D eigenvalue weighted by atomic mass is 16.5. The Bertz CT molecular complexity index is 854. The third-order valence-electron chi connectivity index (χ3n) is 4.62. The van der Waals surface area contributed by atoms with Gasteiger partial charge in [0, 0.05) is 12.0 Å². The molecule has 0 N–H and O–H groups in total. The van der Waals surface area contributed by atoms with Gasteiger partial charge in [0.2, 0.25) is 5.90 Å². The van der Waals surface area contributed by atoms with Crippen LogP contribution in [0.25, 0.3) is 0 Å². The summed E-state index contributed by atoms with van der Waals surface area (Å²) in [6.07, 6.45) is 0.865. The summed E-state index contributed by atoms with van der Waals surface area (Å²) in [4.78, 5) is 4.92. The average Bonchev–Trinajstić information content (AvgIpc) is 2.69. The number of hydrogen-bond acceptors (Lipinski definition) is 2. The minimum absolute atomic E-state index is 0.0141. The largest absolute Gasteiger partial charge is 0.469 e. The van der Waals surface area contributed by atoms with Gasteiger partial charge in [-0.15, -0.1) is 0 Å². The summed E-state index contributed by atoms with van der Waals surface area (Å²) >= 11 is 0. The van der Waals surface area contributed by atoms with Gasteiger partial charge in [0.1, 0.15) is 6.10 Å². The summed E-state index contributed by atoms with van der Waals surface area (Å²) in [7, 11) is 0. The summed E-state index contributed by atoms with van der Waals surface area (Å²) in [5, 5.41) is 0. The number of benzene rings is 3. The van der Waals surface area contributed by atoms with Crippen LogP contribution in [0.1, 0.15) is 40.8 Å². The van der Waals surface area contributed by atoms with Crippen LogP contribution in [0.2, 0.25) is 0 Å². The Morgan fingerprint density at radius 2 is 1.40 bits per heavy atom. The topological polar surface area (TPSA) is 21.6 Å². The molecule has 0 unspecified atom stereocenters. The molecule has 3 aromatic rings. The summed E-state index contributed by atoms with van der Waals surface area (Å²) < 4.78 is 6.28. The molecule has 1 aliphatic rings. The zero-order valence-electron chi connectivity index (χ0n) is 14.3. The fraction of sp³-hybridized carbons (Fsp3) is 0.174. The van der Waals surface area contributed by atoms with Crippen molar-refractivity contribution in [1.29, 1.82) is 0 Å². The smallest absolute Gasteiger partial charge is 0.217 e. The van der Waals surface area contributed by atoms with Gasteiger partial charge in [-0.25, -0.2) is 4.99 Å². The first-order valence-electron chi connectivity index (χ1n) is 8.71. The fourth-order valence-corrected chi connectivity index (χ4v) is 3.20. The van der Waals surface area contributed by atoms with E-state index in [0.29, 0.717) is 0 Å². The average molecular weight is 327 g/mol. The van der Waals surface area contributed by atoms with Gasteiger partial charge in [0.05, 0.1) is 6.04 Å². The molecule has 3 aromatic carbocycles. The second-order valence-electron chi connectivity index (χ2n) is 6.48. The Hall–Kier alpha value is -2.87. The molecule has 2 heteroatoms. The van der Waals surface area contributed by atoms with Crippen molar-refractivity contribution < 1.29 is 4.74 Å². The van der Waals surface area contributed by atoms with E-state index in [4.69, 9.17) is 9.73 Å². The van der Waals surface area contributed by atoms with Crippen molar-refractivity contribution in [2.45, 2.75) is 25.5 Å². The summed E-state index contributed by atoms with van der Waals surface area (Å²) in [6.45, 7) is 2.11. The van der Waals surface area contributed by atoms with E-state index in [-0.39, 0.29) is 12.1 Å². The molecule has 4 rings (SSSR count). The van der Waals surface area contributed by atoms with E-state index >= 15 is 0 Å². The van der Waals surface area contributed by atoms with Crippen molar-refractivity contribution in [3.05, 3.63) is 107 Å². The van der Waals surface area contributed by atoms with E-state index in [2.05, 4.69) is 67.6 Å². The molecule has 1 heterocycles. The van der Waals surface area contributed by atoms with Gasteiger partial charge < -0.3 is 4.74 Å². The molecule has 0 amide bonds. The van der Waals surface area contributed by atoms with Crippen LogP contribution in [0.3, 0.4) is 0 Å². The minimum Gasteiger partial charge on any atom is -0.469 e. The molecular weight excluding hydrogens is 306 g/mol. The zero-order chi connectivity index (χ0) is 17.1. The molecule has 0 aromatic heterocycles. The number of ether oxygens (including phenoxy) is 1. The lowest BCUT2D eigenvalue weighted by atomic mass is 9.95. The maximum atomic E-state index is 6.28. The molecule has 0 bridgehead atoms. The van der Waals surface area contributed by atoms with Crippen LogP contribution in [0.4, 0.5) is 0 Å². The molecule has 0 spiro atoms. The van der Waals surface area contributed by atoms with Crippen LogP contribution in [0, 0.1) is 6.92 Å². The molecule has 0 radical (unpaired) electrons. The normalized spacial score (nSPS) is 19.8. The number of aryl methyl sites for hydroxylation is 1. The second-order valence-corrected chi connectivity index (χ2v) is 6.48. The van der Waals surface area contributed by atoms with Crippen LogP contribution in [-0.2, 0) is 4.74 Å². The Morgan fingerprint density at radius 1 is 0.760 bits per heavy atom. The molecule has 25 heavy (non-hydrogen) atoms. The number of hydrogen-bond donors (Lipinski definition) is 0.